The fourth-order valence-electron chi connectivity index (χ4n) is 3.26. The van der Waals surface area contributed by atoms with Crippen LogP contribution in [0, 0.1) is 0 Å². The van der Waals surface area contributed by atoms with Crippen molar-refractivity contribution in [3.63, 3.8) is 0 Å². The molecule has 1 heterocycles. The standard InChI is InChI=1S/C20H25N5O4S/c1-4-28-16(26)13-25(19-22-11-12-30-19)17(18(27)29-5-2)20(3,14-23-24-21)15-9-7-6-8-10-15/h6-12,17H,4-5,13-14H2,1-3H3. The molecule has 2 aromatic rings. The molecule has 10 heteroatoms. The molecule has 160 valence electrons. The number of azide groups is 1. The summed E-state index contributed by atoms with van der Waals surface area (Å²) in [4.78, 5) is 34.4. The van der Waals surface area contributed by atoms with Crippen molar-refractivity contribution in [2.24, 2.45) is 5.11 Å². The summed E-state index contributed by atoms with van der Waals surface area (Å²) in [5, 5.41) is 5.99. The SMILES string of the molecule is CCOC(=O)CN(c1nccs1)C(C(=O)OCC)C(C)(CN=[N+]=[N-])c1ccccc1. The Morgan fingerprint density at radius 1 is 1.27 bits per heavy atom. The fraction of sp³-hybridized carbons (Fsp3) is 0.450. The van der Waals surface area contributed by atoms with Gasteiger partial charge in [-0.05, 0) is 24.9 Å². The van der Waals surface area contributed by atoms with Crippen LogP contribution in [0.5, 0.6) is 0 Å². The second kappa shape index (κ2) is 11.2. The number of carbonyl (C=O) groups is 2. The van der Waals surface area contributed by atoms with Gasteiger partial charge in [0.25, 0.3) is 0 Å². The minimum Gasteiger partial charge on any atom is -0.465 e. The van der Waals surface area contributed by atoms with E-state index >= 15 is 0 Å². The molecule has 0 radical (unpaired) electrons. The maximum absolute atomic E-state index is 13.2. The zero-order valence-electron chi connectivity index (χ0n) is 17.2. The molecule has 30 heavy (non-hydrogen) atoms. The number of carbonyl (C=O) groups excluding carboxylic acids is 2. The van der Waals surface area contributed by atoms with Crippen molar-refractivity contribution in [3.8, 4) is 0 Å². The Hall–Kier alpha value is -3.10. The Balaban J connectivity index is 2.65. The quantitative estimate of drug-likeness (QED) is 0.232. The number of thiazole rings is 1. The first-order chi connectivity index (χ1) is 14.5. The average molecular weight is 432 g/mol. The van der Waals surface area contributed by atoms with E-state index in [9.17, 15) is 9.59 Å². The van der Waals surface area contributed by atoms with E-state index in [4.69, 9.17) is 15.0 Å². The molecule has 0 fully saturated rings. The Kier molecular flexibility index (Phi) is 8.64. The van der Waals surface area contributed by atoms with E-state index in [0.29, 0.717) is 5.13 Å². The zero-order chi connectivity index (χ0) is 22.0. The van der Waals surface area contributed by atoms with Crippen LogP contribution in [-0.2, 0) is 24.5 Å². The number of rotatable bonds is 11. The van der Waals surface area contributed by atoms with Gasteiger partial charge >= 0.3 is 11.9 Å². The molecular formula is C20H25N5O4S. The van der Waals surface area contributed by atoms with Crippen LogP contribution in [0.15, 0.2) is 47.0 Å². The van der Waals surface area contributed by atoms with Crippen molar-refractivity contribution < 1.29 is 19.1 Å². The minimum atomic E-state index is -1.00. The first-order valence-electron chi connectivity index (χ1n) is 9.52. The van der Waals surface area contributed by atoms with E-state index in [1.54, 1.807) is 30.3 Å². The van der Waals surface area contributed by atoms with Crippen LogP contribution >= 0.6 is 11.3 Å². The summed E-state index contributed by atoms with van der Waals surface area (Å²) in [7, 11) is 0. The highest BCUT2D eigenvalue weighted by atomic mass is 32.1. The molecule has 0 bridgehead atoms. The molecule has 0 saturated carbocycles. The van der Waals surface area contributed by atoms with Crippen LogP contribution in [-0.4, -0.2) is 49.3 Å². The molecule has 0 saturated heterocycles. The molecule has 0 aliphatic rings. The summed E-state index contributed by atoms with van der Waals surface area (Å²) in [6, 6.07) is 8.25. The number of hydrogen-bond donors (Lipinski definition) is 0. The molecule has 1 aromatic carbocycles. The lowest BCUT2D eigenvalue weighted by molar-refractivity contribution is -0.147. The van der Waals surface area contributed by atoms with Gasteiger partial charge in [-0.15, -0.1) is 11.3 Å². The first kappa shape index (κ1) is 23.2. The van der Waals surface area contributed by atoms with Gasteiger partial charge in [0.2, 0.25) is 0 Å². The highest BCUT2D eigenvalue weighted by molar-refractivity contribution is 7.13. The van der Waals surface area contributed by atoms with Crippen molar-refractivity contribution in [2.75, 3.05) is 31.2 Å². The molecule has 0 spiro atoms. The number of esters is 2. The predicted molar refractivity (Wildman–Crippen MR) is 114 cm³/mol. The lowest BCUT2D eigenvalue weighted by atomic mass is 9.75. The summed E-state index contributed by atoms with van der Waals surface area (Å²) in [5.74, 6) is -1.04. The summed E-state index contributed by atoms with van der Waals surface area (Å²) in [5.41, 5.74) is 8.74. The van der Waals surface area contributed by atoms with E-state index in [0.717, 1.165) is 5.56 Å². The maximum atomic E-state index is 13.2. The van der Waals surface area contributed by atoms with Crippen molar-refractivity contribution in [1.29, 1.82) is 0 Å². The Morgan fingerprint density at radius 3 is 2.53 bits per heavy atom. The number of nitrogens with zero attached hydrogens (tertiary/aromatic N) is 5. The van der Waals surface area contributed by atoms with Crippen LogP contribution in [0.25, 0.3) is 10.4 Å². The van der Waals surface area contributed by atoms with Crippen molar-refractivity contribution in [2.45, 2.75) is 32.2 Å². The number of benzene rings is 1. The molecule has 0 amide bonds. The normalized spacial score (nSPS) is 13.4. The number of aromatic nitrogens is 1. The first-order valence-corrected chi connectivity index (χ1v) is 10.4. The number of anilines is 1. The molecule has 2 rings (SSSR count). The molecule has 2 atom stereocenters. The highest BCUT2D eigenvalue weighted by Crippen LogP contribution is 2.35. The number of hydrogen-bond acceptors (Lipinski definition) is 8. The smallest absolute Gasteiger partial charge is 0.329 e. The molecule has 0 N–H and O–H groups in total. The lowest BCUT2D eigenvalue weighted by Gasteiger charge is -2.41. The summed E-state index contributed by atoms with van der Waals surface area (Å²) < 4.78 is 10.5. The second-order valence-corrected chi connectivity index (χ2v) is 7.45. The topological polar surface area (TPSA) is 117 Å². The Bertz CT molecular complexity index is 871. The van der Waals surface area contributed by atoms with E-state index in [1.165, 1.54) is 11.3 Å². The van der Waals surface area contributed by atoms with Crippen molar-refractivity contribution in [1.82, 2.24) is 4.98 Å². The van der Waals surface area contributed by atoms with E-state index in [-0.39, 0.29) is 26.3 Å². The highest BCUT2D eigenvalue weighted by Gasteiger charge is 2.46. The third-order valence-corrected chi connectivity index (χ3v) is 5.40. The van der Waals surface area contributed by atoms with Gasteiger partial charge in [-0.2, -0.15) is 0 Å². The van der Waals surface area contributed by atoms with Gasteiger partial charge in [0.1, 0.15) is 12.6 Å². The van der Waals surface area contributed by atoms with Gasteiger partial charge in [0.05, 0.1) is 13.2 Å². The molecule has 0 aliphatic carbocycles. The summed E-state index contributed by atoms with van der Waals surface area (Å²) in [6.45, 7) is 5.37. The average Bonchev–Trinajstić information content (AvgIpc) is 3.27. The third-order valence-electron chi connectivity index (χ3n) is 4.59. The van der Waals surface area contributed by atoms with Gasteiger partial charge in [0.15, 0.2) is 5.13 Å². The van der Waals surface area contributed by atoms with Crippen molar-refractivity contribution in [3.05, 3.63) is 57.9 Å². The van der Waals surface area contributed by atoms with Gasteiger partial charge in [-0.25, -0.2) is 9.78 Å². The fourth-order valence-corrected chi connectivity index (χ4v) is 3.93. The molecule has 0 aliphatic heterocycles. The van der Waals surface area contributed by atoms with Gasteiger partial charge in [-0.1, -0.05) is 42.4 Å². The lowest BCUT2D eigenvalue weighted by Crippen LogP contribution is -2.57. The van der Waals surface area contributed by atoms with Crippen LogP contribution in [0.4, 0.5) is 5.13 Å². The summed E-state index contributed by atoms with van der Waals surface area (Å²) in [6.07, 6.45) is 1.59. The monoisotopic (exact) mass is 431 g/mol. The maximum Gasteiger partial charge on any atom is 0.329 e. The van der Waals surface area contributed by atoms with E-state index in [2.05, 4.69) is 15.0 Å². The van der Waals surface area contributed by atoms with Crippen LogP contribution in [0.3, 0.4) is 0 Å². The van der Waals surface area contributed by atoms with E-state index in [1.807, 2.05) is 37.3 Å². The molecular weight excluding hydrogens is 406 g/mol. The van der Waals surface area contributed by atoms with Crippen molar-refractivity contribution >= 4 is 28.4 Å². The zero-order valence-corrected chi connectivity index (χ0v) is 18.0. The Morgan fingerprint density at radius 2 is 1.97 bits per heavy atom. The molecule has 1 aromatic heterocycles. The molecule has 2 unspecified atom stereocenters. The van der Waals surface area contributed by atoms with Gasteiger partial charge in [0, 0.05) is 28.4 Å². The largest absolute Gasteiger partial charge is 0.465 e. The van der Waals surface area contributed by atoms with Crippen LogP contribution in [0.1, 0.15) is 26.3 Å². The Labute approximate surface area is 179 Å². The predicted octanol–water partition coefficient (Wildman–Crippen LogP) is 3.71. The third kappa shape index (κ3) is 5.49. The van der Waals surface area contributed by atoms with Crippen LogP contribution in [0.2, 0.25) is 0 Å². The minimum absolute atomic E-state index is 0.0261. The van der Waals surface area contributed by atoms with E-state index < -0.39 is 23.4 Å². The van der Waals surface area contributed by atoms with Crippen LogP contribution < -0.4 is 4.90 Å². The number of ether oxygens (including phenoxy) is 2. The van der Waals surface area contributed by atoms with Gasteiger partial charge < -0.3 is 14.4 Å². The molecule has 9 nitrogen and oxygen atoms in total. The summed E-state index contributed by atoms with van der Waals surface area (Å²) >= 11 is 1.29. The van der Waals surface area contributed by atoms with Gasteiger partial charge in [-0.3, -0.25) is 4.79 Å². The second-order valence-electron chi connectivity index (χ2n) is 6.57.